The van der Waals surface area contributed by atoms with Crippen LogP contribution < -0.4 is 10.2 Å². The van der Waals surface area contributed by atoms with Crippen molar-refractivity contribution in [3.63, 3.8) is 0 Å². The standard InChI is InChI=1S/C12H20N4/c1-2-9-16(10-11-5-3-6-13-11)12-14-7-4-8-15-12/h4,7-8,11,13H,2-3,5-6,9-10H2,1H3. The maximum atomic E-state index is 4.33. The fourth-order valence-corrected chi connectivity index (χ4v) is 2.18. The van der Waals surface area contributed by atoms with E-state index in [2.05, 4.69) is 27.1 Å². The molecule has 1 aliphatic rings. The van der Waals surface area contributed by atoms with E-state index in [-0.39, 0.29) is 0 Å². The lowest BCUT2D eigenvalue weighted by Crippen LogP contribution is -2.38. The molecule has 0 bridgehead atoms. The van der Waals surface area contributed by atoms with Crippen LogP contribution in [0.4, 0.5) is 5.95 Å². The van der Waals surface area contributed by atoms with Crippen molar-refractivity contribution in [1.29, 1.82) is 0 Å². The lowest BCUT2D eigenvalue weighted by atomic mass is 10.2. The zero-order chi connectivity index (χ0) is 11.2. The van der Waals surface area contributed by atoms with Crippen molar-refractivity contribution in [1.82, 2.24) is 15.3 Å². The largest absolute Gasteiger partial charge is 0.339 e. The van der Waals surface area contributed by atoms with E-state index in [9.17, 15) is 0 Å². The topological polar surface area (TPSA) is 41.0 Å². The van der Waals surface area contributed by atoms with Crippen LogP contribution in [-0.2, 0) is 0 Å². The third-order valence-electron chi connectivity index (χ3n) is 2.93. The van der Waals surface area contributed by atoms with Gasteiger partial charge in [0, 0.05) is 31.5 Å². The first-order valence-corrected chi connectivity index (χ1v) is 6.15. The van der Waals surface area contributed by atoms with E-state index in [0.717, 1.165) is 32.0 Å². The molecule has 1 atom stereocenters. The molecule has 2 rings (SSSR count). The van der Waals surface area contributed by atoms with Gasteiger partial charge in [0.25, 0.3) is 0 Å². The van der Waals surface area contributed by atoms with Gasteiger partial charge >= 0.3 is 0 Å². The zero-order valence-electron chi connectivity index (χ0n) is 9.89. The van der Waals surface area contributed by atoms with E-state index in [1.807, 2.05) is 18.5 Å². The number of nitrogens with one attached hydrogen (secondary N) is 1. The number of nitrogens with zero attached hydrogens (tertiary/aromatic N) is 3. The summed E-state index contributed by atoms with van der Waals surface area (Å²) in [6.07, 6.45) is 7.32. The first-order chi connectivity index (χ1) is 7.90. The Balaban J connectivity index is 1.99. The highest BCUT2D eigenvalue weighted by Gasteiger charge is 2.18. The molecule has 1 fully saturated rings. The summed E-state index contributed by atoms with van der Waals surface area (Å²) in [6.45, 7) is 5.40. The van der Waals surface area contributed by atoms with Crippen LogP contribution in [0.2, 0.25) is 0 Å². The number of anilines is 1. The molecule has 0 spiro atoms. The summed E-state index contributed by atoms with van der Waals surface area (Å²) < 4.78 is 0. The van der Waals surface area contributed by atoms with E-state index in [0.29, 0.717) is 6.04 Å². The molecule has 0 aliphatic carbocycles. The van der Waals surface area contributed by atoms with Gasteiger partial charge in [-0.2, -0.15) is 0 Å². The summed E-state index contributed by atoms with van der Waals surface area (Å²) >= 11 is 0. The number of hydrogen-bond donors (Lipinski definition) is 1. The highest BCUT2D eigenvalue weighted by Crippen LogP contribution is 2.11. The van der Waals surface area contributed by atoms with Crippen molar-refractivity contribution >= 4 is 5.95 Å². The quantitative estimate of drug-likeness (QED) is 0.815. The van der Waals surface area contributed by atoms with Gasteiger partial charge in [0.05, 0.1) is 0 Å². The Hall–Kier alpha value is -1.16. The lowest BCUT2D eigenvalue weighted by Gasteiger charge is -2.25. The van der Waals surface area contributed by atoms with Crippen molar-refractivity contribution in [2.24, 2.45) is 0 Å². The molecule has 0 saturated carbocycles. The van der Waals surface area contributed by atoms with Crippen LogP contribution in [0, 0.1) is 0 Å². The molecule has 1 aromatic rings. The second kappa shape index (κ2) is 5.80. The summed E-state index contributed by atoms with van der Waals surface area (Å²) in [5.41, 5.74) is 0. The Bertz CT molecular complexity index is 295. The highest BCUT2D eigenvalue weighted by molar-refractivity contribution is 5.28. The van der Waals surface area contributed by atoms with Crippen LogP contribution in [0.15, 0.2) is 18.5 Å². The smallest absolute Gasteiger partial charge is 0.225 e. The molecule has 1 saturated heterocycles. The summed E-state index contributed by atoms with van der Waals surface area (Å²) in [5, 5.41) is 3.52. The average Bonchev–Trinajstić information content (AvgIpc) is 2.83. The zero-order valence-corrected chi connectivity index (χ0v) is 9.89. The van der Waals surface area contributed by atoms with Crippen LogP contribution in [0.5, 0.6) is 0 Å². The molecule has 1 aliphatic heterocycles. The van der Waals surface area contributed by atoms with E-state index in [4.69, 9.17) is 0 Å². The Kier molecular flexibility index (Phi) is 4.10. The van der Waals surface area contributed by atoms with Crippen LogP contribution in [0.25, 0.3) is 0 Å². The fraction of sp³-hybridized carbons (Fsp3) is 0.667. The van der Waals surface area contributed by atoms with Gasteiger partial charge in [0.1, 0.15) is 0 Å². The minimum absolute atomic E-state index is 0.607. The molecule has 1 aromatic heterocycles. The minimum atomic E-state index is 0.607. The highest BCUT2D eigenvalue weighted by atomic mass is 15.3. The third-order valence-corrected chi connectivity index (χ3v) is 2.93. The van der Waals surface area contributed by atoms with Crippen molar-refractivity contribution in [3.8, 4) is 0 Å². The molecule has 0 aromatic carbocycles. The van der Waals surface area contributed by atoms with Gasteiger partial charge in [-0.25, -0.2) is 9.97 Å². The summed E-state index contributed by atoms with van der Waals surface area (Å²) in [4.78, 5) is 10.9. The molecule has 88 valence electrons. The third kappa shape index (κ3) is 2.92. The van der Waals surface area contributed by atoms with Crippen molar-refractivity contribution < 1.29 is 0 Å². The Labute approximate surface area is 97.1 Å². The minimum Gasteiger partial charge on any atom is -0.339 e. The van der Waals surface area contributed by atoms with Gasteiger partial charge in [0.15, 0.2) is 0 Å². The predicted octanol–water partition coefficient (Wildman–Crippen LogP) is 1.44. The lowest BCUT2D eigenvalue weighted by molar-refractivity contribution is 0.571. The van der Waals surface area contributed by atoms with Gasteiger partial charge in [0.2, 0.25) is 5.95 Å². The van der Waals surface area contributed by atoms with E-state index in [1.54, 1.807) is 0 Å². The van der Waals surface area contributed by atoms with E-state index >= 15 is 0 Å². The summed E-state index contributed by atoms with van der Waals surface area (Å²) in [6, 6.07) is 2.47. The number of hydrogen-bond acceptors (Lipinski definition) is 4. The van der Waals surface area contributed by atoms with Gasteiger partial charge in [-0.05, 0) is 31.9 Å². The molecule has 1 unspecified atom stereocenters. The molecule has 0 radical (unpaired) electrons. The van der Waals surface area contributed by atoms with Crippen LogP contribution in [0.1, 0.15) is 26.2 Å². The molecule has 4 nitrogen and oxygen atoms in total. The normalized spacial score (nSPS) is 19.9. The molecular formula is C12H20N4. The SMILES string of the molecule is CCCN(CC1CCCN1)c1ncccn1. The average molecular weight is 220 g/mol. The molecule has 1 N–H and O–H groups in total. The van der Waals surface area contributed by atoms with E-state index < -0.39 is 0 Å². The Morgan fingerprint density at radius 2 is 2.25 bits per heavy atom. The second-order valence-corrected chi connectivity index (χ2v) is 4.29. The monoisotopic (exact) mass is 220 g/mol. The summed E-state index contributed by atoms with van der Waals surface area (Å²) in [5.74, 6) is 0.859. The molecular weight excluding hydrogens is 200 g/mol. The summed E-state index contributed by atoms with van der Waals surface area (Å²) in [7, 11) is 0. The van der Waals surface area contributed by atoms with Crippen LogP contribution in [0.3, 0.4) is 0 Å². The fourth-order valence-electron chi connectivity index (χ4n) is 2.18. The first-order valence-electron chi connectivity index (χ1n) is 6.15. The predicted molar refractivity (Wildman–Crippen MR) is 65.6 cm³/mol. The Morgan fingerprint density at radius 3 is 2.88 bits per heavy atom. The van der Waals surface area contributed by atoms with Crippen LogP contribution >= 0.6 is 0 Å². The first kappa shape index (κ1) is 11.3. The van der Waals surface area contributed by atoms with Gasteiger partial charge in [-0.1, -0.05) is 6.92 Å². The Morgan fingerprint density at radius 1 is 1.44 bits per heavy atom. The van der Waals surface area contributed by atoms with Gasteiger partial charge in [-0.15, -0.1) is 0 Å². The van der Waals surface area contributed by atoms with Crippen molar-refractivity contribution in [2.75, 3.05) is 24.5 Å². The van der Waals surface area contributed by atoms with Gasteiger partial charge < -0.3 is 10.2 Å². The molecule has 4 heteroatoms. The van der Waals surface area contributed by atoms with Crippen molar-refractivity contribution in [3.05, 3.63) is 18.5 Å². The van der Waals surface area contributed by atoms with Gasteiger partial charge in [-0.3, -0.25) is 0 Å². The number of rotatable bonds is 5. The van der Waals surface area contributed by atoms with E-state index in [1.165, 1.54) is 12.8 Å². The maximum Gasteiger partial charge on any atom is 0.225 e. The second-order valence-electron chi connectivity index (χ2n) is 4.29. The maximum absolute atomic E-state index is 4.33. The molecule has 2 heterocycles. The van der Waals surface area contributed by atoms with Crippen molar-refractivity contribution in [2.45, 2.75) is 32.2 Å². The number of aromatic nitrogens is 2. The molecule has 0 amide bonds. The van der Waals surface area contributed by atoms with Crippen LogP contribution in [-0.4, -0.2) is 35.6 Å². The molecule has 16 heavy (non-hydrogen) atoms.